The lowest BCUT2D eigenvalue weighted by Crippen LogP contribution is -1.97. The van der Waals surface area contributed by atoms with Gasteiger partial charge < -0.3 is 5.32 Å². The van der Waals surface area contributed by atoms with Gasteiger partial charge in [-0.3, -0.25) is 0 Å². The van der Waals surface area contributed by atoms with E-state index in [0.717, 1.165) is 24.8 Å². The highest BCUT2D eigenvalue weighted by atomic mass is 79.9. The van der Waals surface area contributed by atoms with Crippen molar-refractivity contribution < 1.29 is 0 Å². The first-order valence-electron chi connectivity index (χ1n) is 5.20. The molecule has 0 saturated carbocycles. The fourth-order valence-corrected chi connectivity index (χ4v) is 3.23. The Balaban J connectivity index is 2.51. The molecule has 0 fully saturated rings. The summed E-state index contributed by atoms with van der Waals surface area (Å²) in [5.41, 5.74) is 1.24. The first-order chi connectivity index (χ1) is 8.72. The molecule has 0 aliphatic carbocycles. The van der Waals surface area contributed by atoms with E-state index in [1.54, 1.807) is 18.4 Å². The van der Waals surface area contributed by atoms with E-state index < -0.39 is 0 Å². The molecule has 3 rings (SSSR count). The van der Waals surface area contributed by atoms with Gasteiger partial charge in [0.1, 0.15) is 6.07 Å². The summed E-state index contributed by atoms with van der Waals surface area (Å²) in [6.07, 6.45) is 0. The number of rotatable bonds is 1. The van der Waals surface area contributed by atoms with Gasteiger partial charge in [0, 0.05) is 21.6 Å². The van der Waals surface area contributed by atoms with Crippen molar-refractivity contribution in [2.45, 2.75) is 0 Å². The number of anilines is 1. The Morgan fingerprint density at radius 1 is 1.39 bits per heavy atom. The summed E-state index contributed by atoms with van der Waals surface area (Å²) in [4.78, 5) is 8.62. The molecule has 88 valence electrons. The standard InChI is InChI=1S/C12H7BrN4S/c1-15-12-16-8(5-14)11-10(17-12)7-4-6(13)2-3-9(7)18-11/h2-4H,1H3,(H,15,16,17). The van der Waals surface area contributed by atoms with Crippen LogP contribution in [0.15, 0.2) is 22.7 Å². The van der Waals surface area contributed by atoms with Gasteiger partial charge in [-0.05, 0) is 18.2 Å². The lowest BCUT2D eigenvalue weighted by atomic mass is 10.2. The number of nitriles is 1. The van der Waals surface area contributed by atoms with Gasteiger partial charge in [0.2, 0.25) is 5.95 Å². The predicted octanol–water partition coefficient (Wildman–Crippen LogP) is 3.52. The van der Waals surface area contributed by atoms with Crippen molar-refractivity contribution in [2.24, 2.45) is 0 Å². The first kappa shape index (κ1) is 11.4. The topological polar surface area (TPSA) is 61.6 Å². The second kappa shape index (κ2) is 4.19. The van der Waals surface area contributed by atoms with E-state index >= 15 is 0 Å². The van der Waals surface area contributed by atoms with Crippen molar-refractivity contribution in [3.8, 4) is 6.07 Å². The highest BCUT2D eigenvalue weighted by Crippen LogP contribution is 2.35. The van der Waals surface area contributed by atoms with E-state index in [1.807, 2.05) is 18.2 Å². The average molecular weight is 319 g/mol. The van der Waals surface area contributed by atoms with Gasteiger partial charge in [0.25, 0.3) is 0 Å². The van der Waals surface area contributed by atoms with Crippen LogP contribution in [0.4, 0.5) is 5.95 Å². The number of halogens is 1. The second-order valence-corrected chi connectivity index (χ2v) is 5.65. The normalized spacial score (nSPS) is 10.7. The van der Waals surface area contributed by atoms with Crippen molar-refractivity contribution in [1.82, 2.24) is 9.97 Å². The van der Waals surface area contributed by atoms with Crippen LogP contribution in [0.2, 0.25) is 0 Å². The van der Waals surface area contributed by atoms with Crippen LogP contribution in [-0.2, 0) is 0 Å². The van der Waals surface area contributed by atoms with Gasteiger partial charge in [-0.2, -0.15) is 5.26 Å². The van der Waals surface area contributed by atoms with Gasteiger partial charge in [-0.25, -0.2) is 9.97 Å². The summed E-state index contributed by atoms with van der Waals surface area (Å²) in [6, 6.07) is 8.15. The number of nitrogens with one attached hydrogen (secondary N) is 1. The van der Waals surface area contributed by atoms with E-state index in [1.165, 1.54) is 0 Å². The van der Waals surface area contributed by atoms with Crippen molar-refractivity contribution in [3.63, 3.8) is 0 Å². The van der Waals surface area contributed by atoms with Crippen molar-refractivity contribution >= 4 is 53.5 Å². The Kier molecular flexibility index (Phi) is 2.65. The van der Waals surface area contributed by atoms with Crippen molar-refractivity contribution in [1.29, 1.82) is 5.26 Å². The van der Waals surface area contributed by atoms with Gasteiger partial charge in [-0.15, -0.1) is 11.3 Å². The number of thiophene rings is 1. The molecule has 0 radical (unpaired) electrons. The van der Waals surface area contributed by atoms with Gasteiger partial charge in [-0.1, -0.05) is 15.9 Å². The zero-order valence-electron chi connectivity index (χ0n) is 9.36. The molecule has 18 heavy (non-hydrogen) atoms. The fourth-order valence-electron chi connectivity index (χ4n) is 1.80. The van der Waals surface area contributed by atoms with Gasteiger partial charge >= 0.3 is 0 Å². The van der Waals surface area contributed by atoms with Crippen LogP contribution in [0, 0.1) is 11.3 Å². The molecular weight excluding hydrogens is 312 g/mol. The third-order valence-electron chi connectivity index (χ3n) is 2.60. The minimum Gasteiger partial charge on any atom is -0.357 e. The molecule has 0 aliphatic heterocycles. The number of benzene rings is 1. The van der Waals surface area contributed by atoms with E-state index in [-0.39, 0.29) is 0 Å². The molecule has 0 amide bonds. The van der Waals surface area contributed by atoms with Crippen LogP contribution in [0.1, 0.15) is 5.69 Å². The molecule has 3 aromatic rings. The number of fused-ring (bicyclic) bond motifs is 3. The predicted molar refractivity (Wildman–Crippen MR) is 76.9 cm³/mol. The highest BCUT2D eigenvalue weighted by Gasteiger charge is 2.13. The monoisotopic (exact) mass is 318 g/mol. The van der Waals surface area contributed by atoms with Crippen LogP contribution in [-0.4, -0.2) is 17.0 Å². The fraction of sp³-hybridized carbons (Fsp3) is 0.0833. The lowest BCUT2D eigenvalue weighted by molar-refractivity contribution is 1.18. The number of hydrogen-bond donors (Lipinski definition) is 1. The highest BCUT2D eigenvalue weighted by molar-refractivity contribution is 9.10. The average Bonchev–Trinajstić information content (AvgIpc) is 2.75. The zero-order valence-corrected chi connectivity index (χ0v) is 11.8. The molecule has 2 heterocycles. The summed E-state index contributed by atoms with van der Waals surface area (Å²) in [5, 5.41) is 13.1. The maximum Gasteiger partial charge on any atom is 0.224 e. The van der Waals surface area contributed by atoms with Crippen LogP contribution in [0.3, 0.4) is 0 Å². The molecule has 0 spiro atoms. The second-order valence-electron chi connectivity index (χ2n) is 3.68. The smallest absolute Gasteiger partial charge is 0.224 e. The Morgan fingerprint density at radius 3 is 2.94 bits per heavy atom. The number of nitrogens with zero attached hydrogens (tertiary/aromatic N) is 3. The molecule has 0 saturated heterocycles. The Labute approximate surface area is 115 Å². The molecule has 6 heteroatoms. The van der Waals surface area contributed by atoms with Crippen LogP contribution in [0.25, 0.3) is 20.3 Å². The molecule has 4 nitrogen and oxygen atoms in total. The Bertz CT molecular complexity index is 803. The maximum atomic E-state index is 9.16. The van der Waals surface area contributed by atoms with Crippen molar-refractivity contribution in [3.05, 3.63) is 28.4 Å². The van der Waals surface area contributed by atoms with Crippen LogP contribution in [0.5, 0.6) is 0 Å². The molecule has 0 aliphatic rings. The van der Waals surface area contributed by atoms with Crippen molar-refractivity contribution in [2.75, 3.05) is 12.4 Å². The largest absolute Gasteiger partial charge is 0.357 e. The molecule has 0 bridgehead atoms. The summed E-state index contributed by atoms with van der Waals surface area (Å²) < 4.78 is 2.94. The van der Waals surface area contributed by atoms with Crippen LogP contribution >= 0.6 is 27.3 Å². The minimum absolute atomic E-state index is 0.418. The number of aromatic nitrogens is 2. The minimum atomic E-state index is 0.418. The SMILES string of the molecule is CNc1nc(C#N)c2sc3ccc(Br)cc3c2n1. The van der Waals surface area contributed by atoms with Crippen LogP contribution < -0.4 is 5.32 Å². The third kappa shape index (κ3) is 1.64. The summed E-state index contributed by atoms with van der Waals surface area (Å²) in [7, 11) is 1.74. The van der Waals surface area contributed by atoms with E-state index in [2.05, 4.69) is 37.3 Å². The quantitative estimate of drug-likeness (QED) is 0.745. The van der Waals surface area contributed by atoms with E-state index in [0.29, 0.717) is 11.6 Å². The zero-order chi connectivity index (χ0) is 12.7. The molecule has 0 atom stereocenters. The van der Waals surface area contributed by atoms with Gasteiger partial charge in [0.05, 0.1) is 10.2 Å². The summed E-state index contributed by atoms with van der Waals surface area (Å²) >= 11 is 5.00. The Hall–Kier alpha value is -1.71. The molecule has 0 unspecified atom stereocenters. The molecule has 2 aromatic heterocycles. The first-order valence-corrected chi connectivity index (χ1v) is 6.81. The van der Waals surface area contributed by atoms with E-state index in [9.17, 15) is 0 Å². The Morgan fingerprint density at radius 2 is 2.22 bits per heavy atom. The maximum absolute atomic E-state index is 9.16. The summed E-state index contributed by atoms with van der Waals surface area (Å²) in [5.74, 6) is 0.471. The third-order valence-corrected chi connectivity index (χ3v) is 4.26. The molecule has 1 aromatic carbocycles. The molecule has 1 N–H and O–H groups in total. The van der Waals surface area contributed by atoms with E-state index in [4.69, 9.17) is 5.26 Å². The lowest BCUT2D eigenvalue weighted by Gasteiger charge is -1.99. The number of hydrogen-bond acceptors (Lipinski definition) is 5. The molecular formula is C12H7BrN4S. The van der Waals surface area contributed by atoms with Gasteiger partial charge in [0.15, 0.2) is 5.69 Å². The summed E-state index contributed by atoms with van der Waals surface area (Å²) in [6.45, 7) is 0.